The molecule has 0 aliphatic rings. The Bertz CT molecular complexity index is 113. The van der Waals surface area contributed by atoms with Gasteiger partial charge in [0.25, 0.3) is 0 Å². The Hall–Kier alpha value is 0.630. The maximum Gasteiger partial charge on any atom is 0.147 e. The molecule has 9 heavy (non-hydrogen) atoms. The fraction of sp³-hybridized carbons (Fsp3) is 0.833. The summed E-state index contributed by atoms with van der Waals surface area (Å²) in [6, 6.07) is 0. The second kappa shape index (κ2) is 2.70. The van der Waals surface area contributed by atoms with E-state index in [1.807, 2.05) is 20.8 Å². The van der Waals surface area contributed by atoms with Crippen LogP contribution in [0.25, 0.3) is 0 Å². The Morgan fingerprint density at radius 1 is 1.22 bits per heavy atom. The smallest absolute Gasteiger partial charge is 0.147 e. The van der Waals surface area contributed by atoms with Gasteiger partial charge in [0.05, 0.1) is 0 Å². The monoisotopic (exact) mass is 256 g/mol. The summed E-state index contributed by atoms with van der Waals surface area (Å²) in [5, 5.41) is 0. The molecule has 0 heterocycles. The lowest BCUT2D eigenvalue weighted by molar-refractivity contribution is -0.109. The van der Waals surface area contributed by atoms with E-state index in [4.69, 9.17) is 0 Å². The summed E-state index contributed by atoms with van der Waals surface area (Å²) >= 11 is 6.50. The summed E-state index contributed by atoms with van der Waals surface area (Å²) in [7, 11) is 0. The first-order valence-electron chi connectivity index (χ1n) is 2.65. The van der Waals surface area contributed by atoms with E-state index < -0.39 is 3.23 Å². The van der Waals surface area contributed by atoms with Gasteiger partial charge in [0.1, 0.15) is 9.52 Å². The molecule has 54 valence electrons. The van der Waals surface area contributed by atoms with Crippen LogP contribution in [0.3, 0.4) is 0 Å². The zero-order valence-electron chi connectivity index (χ0n) is 5.74. The normalized spacial score (nSPS) is 13.4. The van der Waals surface area contributed by atoms with E-state index >= 15 is 0 Å². The third-order valence-corrected chi connectivity index (χ3v) is 3.90. The van der Waals surface area contributed by atoms with Crippen LogP contribution in [0.15, 0.2) is 0 Å². The SMILES string of the molecule is CC(C)(C)C(Br)(Br)C=O. The first kappa shape index (κ1) is 9.63. The minimum atomic E-state index is -0.576. The highest BCUT2D eigenvalue weighted by molar-refractivity contribution is 9.25. The second-order valence-corrected chi connectivity index (χ2v) is 6.56. The molecule has 0 aliphatic carbocycles. The molecule has 0 spiro atoms. The average Bonchev–Trinajstić information content (AvgIpc) is 1.64. The highest BCUT2D eigenvalue weighted by Crippen LogP contribution is 2.41. The van der Waals surface area contributed by atoms with Gasteiger partial charge in [0.2, 0.25) is 0 Å². The Kier molecular flexibility index (Phi) is 2.89. The topological polar surface area (TPSA) is 17.1 Å². The summed E-state index contributed by atoms with van der Waals surface area (Å²) in [5.74, 6) is 0. The van der Waals surface area contributed by atoms with Crippen molar-refractivity contribution >= 4 is 38.1 Å². The average molecular weight is 258 g/mol. The van der Waals surface area contributed by atoms with Crippen LogP contribution in [0.4, 0.5) is 0 Å². The molecule has 0 N–H and O–H groups in total. The molecule has 0 saturated carbocycles. The van der Waals surface area contributed by atoms with Crippen LogP contribution in [0.1, 0.15) is 20.8 Å². The Balaban J connectivity index is 4.32. The van der Waals surface area contributed by atoms with Gasteiger partial charge in [-0.1, -0.05) is 52.6 Å². The minimum Gasteiger partial charge on any atom is -0.301 e. The molecule has 1 nitrogen and oxygen atoms in total. The van der Waals surface area contributed by atoms with E-state index in [2.05, 4.69) is 31.9 Å². The zero-order valence-corrected chi connectivity index (χ0v) is 8.91. The van der Waals surface area contributed by atoms with Crippen LogP contribution in [-0.4, -0.2) is 9.52 Å². The van der Waals surface area contributed by atoms with Crippen molar-refractivity contribution < 1.29 is 4.79 Å². The molecule has 0 bridgehead atoms. The summed E-state index contributed by atoms with van der Waals surface area (Å²) in [4.78, 5) is 10.4. The molecule has 3 heteroatoms. The predicted molar refractivity (Wildman–Crippen MR) is 46.1 cm³/mol. The van der Waals surface area contributed by atoms with Crippen molar-refractivity contribution in [3.63, 3.8) is 0 Å². The van der Waals surface area contributed by atoms with Crippen molar-refractivity contribution in [2.75, 3.05) is 0 Å². The Labute approximate surface area is 72.5 Å². The van der Waals surface area contributed by atoms with Gasteiger partial charge in [-0.25, -0.2) is 0 Å². The van der Waals surface area contributed by atoms with E-state index in [1.54, 1.807) is 0 Å². The minimum absolute atomic E-state index is 0.0885. The van der Waals surface area contributed by atoms with Crippen LogP contribution < -0.4 is 0 Å². The number of hydrogen-bond acceptors (Lipinski definition) is 1. The molecular weight excluding hydrogens is 248 g/mol. The molecule has 0 rings (SSSR count). The van der Waals surface area contributed by atoms with Gasteiger partial charge < -0.3 is 4.79 Å². The molecule has 0 amide bonds. The molecule has 0 fully saturated rings. The fourth-order valence-electron chi connectivity index (χ4n) is 0.177. The van der Waals surface area contributed by atoms with Gasteiger partial charge in [0.15, 0.2) is 0 Å². The second-order valence-electron chi connectivity index (χ2n) is 2.99. The van der Waals surface area contributed by atoms with Crippen LogP contribution in [0.5, 0.6) is 0 Å². The van der Waals surface area contributed by atoms with Crippen LogP contribution >= 0.6 is 31.9 Å². The van der Waals surface area contributed by atoms with Crippen LogP contribution in [0.2, 0.25) is 0 Å². The predicted octanol–water partition coefficient (Wildman–Crippen LogP) is 2.72. The molecule has 0 radical (unpaired) electrons. The summed E-state index contributed by atoms with van der Waals surface area (Å²) < 4.78 is -0.576. The zero-order chi connectivity index (χ0) is 7.71. The third kappa shape index (κ3) is 2.38. The fourth-order valence-corrected chi connectivity index (χ4v) is 0.177. The first-order valence-corrected chi connectivity index (χ1v) is 4.24. The summed E-state index contributed by atoms with van der Waals surface area (Å²) in [5.41, 5.74) is -0.0885. The molecule has 0 aromatic heterocycles. The molecule has 0 aromatic carbocycles. The van der Waals surface area contributed by atoms with E-state index in [0.717, 1.165) is 6.29 Å². The molecule has 0 unspecified atom stereocenters. The van der Waals surface area contributed by atoms with Gasteiger partial charge >= 0.3 is 0 Å². The number of hydrogen-bond donors (Lipinski definition) is 0. The molecule has 0 atom stereocenters. The molecule has 0 aromatic rings. The van der Waals surface area contributed by atoms with E-state index in [-0.39, 0.29) is 5.41 Å². The third-order valence-electron chi connectivity index (χ3n) is 1.15. The molecule has 0 aliphatic heterocycles. The highest BCUT2D eigenvalue weighted by atomic mass is 79.9. The quantitative estimate of drug-likeness (QED) is 0.522. The standard InChI is InChI=1S/C6H10Br2O/c1-5(2,3)6(7,8)4-9/h4H,1-3H3. The van der Waals surface area contributed by atoms with Crippen molar-refractivity contribution in [1.82, 2.24) is 0 Å². The number of alkyl halides is 2. The maximum atomic E-state index is 10.4. The lowest BCUT2D eigenvalue weighted by atomic mass is 9.93. The number of rotatable bonds is 1. The molecule has 0 saturated heterocycles. The Morgan fingerprint density at radius 2 is 1.56 bits per heavy atom. The van der Waals surface area contributed by atoms with E-state index in [0.29, 0.717) is 0 Å². The van der Waals surface area contributed by atoms with Gasteiger partial charge in [-0.15, -0.1) is 0 Å². The Morgan fingerprint density at radius 3 is 1.56 bits per heavy atom. The van der Waals surface area contributed by atoms with Gasteiger partial charge in [-0.2, -0.15) is 0 Å². The summed E-state index contributed by atoms with van der Waals surface area (Å²) in [6.07, 6.45) is 0.854. The van der Waals surface area contributed by atoms with Crippen LogP contribution in [0, 0.1) is 5.41 Å². The number of halogens is 2. The van der Waals surface area contributed by atoms with Gasteiger partial charge in [-0.3, -0.25) is 0 Å². The van der Waals surface area contributed by atoms with Crippen molar-refractivity contribution in [2.45, 2.75) is 24.0 Å². The van der Waals surface area contributed by atoms with Crippen LogP contribution in [-0.2, 0) is 4.79 Å². The van der Waals surface area contributed by atoms with Crippen molar-refractivity contribution in [1.29, 1.82) is 0 Å². The van der Waals surface area contributed by atoms with E-state index in [9.17, 15) is 4.79 Å². The first-order chi connectivity index (χ1) is 3.81. The lowest BCUT2D eigenvalue weighted by Crippen LogP contribution is -2.31. The molecular formula is C6H10Br2O. The lowest BCUT2D eigenvalue weighted by Gasteiger charge is -2.29. The van der Waals surface area contributed by atoms with E-state index in [1.165, 1.54) is 0 Å². The van der Waals surface area contributed by atoms with Crippen molar-refractivity contribution in [2.24, 2.45) is 5.41 Å². The van der Waals surface area contributed by atoms with Gasteiger partial charge in [-0.05, 0) is 5.41 Å². The van der Waals surface area contributed by atoms with Crippen molar-refractivity contribution in [3.05, 3.63) is 0 Å². The maximum absolute atomic E-state index is 10.4. The number of carbonyl (C=O) groups is 1. The highest BCUT2D eigenvalue weighted by Gasteiger charge is 2.36. The summed E-state index contributed by atoms with van der Waals surface area (Å²) in [6.45, 7) is 5.93. The number of aldehydes is 1. The van der Waals surface area contributed by atoms with Crippen molar-refractivity contribution in [3.8, 4) is 0 Å². The van der Waals surface area contributed by atoms with Gasteiger partial charge in [0, 0.05) is 0 Å². The largest absolute Gasteiger partial charge is 0.301 e. The number of carbonyl (C=O) groups excluding carboxylic acids is 1.